The van der Waals surface area contributed by atoms with Crippen molar-refractivity contribution < 1.29 is 9.53 Å². The number of ether oxygens (including phenoxy) is 1. The third-order valence-corrected chi connectivity index (χ3v) is 5.63. The van der Waals surface area contributed by atoms with E-state index in [4.69, 9.17) is 16.3 Å². The van der Waals surface area contributed by atoms with E-state index in [1.165, 1.54) is 0 Å². The number of hydrogen-bond acceptors (Lipinski definition) is 2. The van der Waals surface area contributed by atoms with Gasteiger partial charge in [-0.25, -0.2) is 0 Å². The van der Waals surface area contributed by atoms with Gasteiger partial charge in [0.1, 0.15) is 5.60 Å². The van der Waals surface area contributed by atoms with Crippen molar-refractivity contribution in [3.63, 3.8) is 0 Å². The van der Waals surface area contributed by atoms with Gasteiger partial charge in [-0.2, -0.15) is 0 Å². The molecule has 4 rings (SSSR count). The Balaban J connectivity index is 1.67. The molecule has 27 heavy (non-hydrogen) atoms. The van der Waals surface area contributed by atoms with Crippen molar-refractivity contribution in [1.82, 2.24) is 10.3 Å². The number of fused-ring (bicyclic) bond motifs is 1. The molecule has 2 heterocycles. The van der Waals surface area contributed by atoms with Crippen LogP contribution in [0.15, 0.2) is 42.5 Å². The molecule has 4 nitrogen and oxygen atoms in total. The fourth-order valence-corrected chi connectivity index (χ4v) is 4.05. The molecule has 5 heteroatoms. The molecule has 140 valence electrons. The summed E-state index contributed by atoms with van der Waals surface area (Å²) in [5, 5.41) is 4.77. The second-order valence-corrected chi connectivity index (χ2v) is 7.78. The molecule has 1 unspecified atom stereocenters. The number of halogens is 1. The molecular formula is C22H23ClN2O2. The molecule has 2 N–H and O–H groups in total. The van der Waals surface area contributed by atoms with Gasteiger partial charge < -0.3 is 15.0 Å². The van der Waals surface area contributed by atoms with Gasteiger partial charge in [0.15, 0.2) is 0 Å². The van der Waals surface area contributed by atoms with Crippen LogP contribution in [0.4, 0.5) is 0 Å². The zero-order valence-corrected chi connectivity index (χ0v) is 16.3. The first-order valence-corrected chi connectivity index (χ1v) is 9.64. The molecule has 0 bridgehead atoms. The molecule has 1 aromatic heterocycles. The van der Waals surface area contributed by atoms with E-state index in [0.29, 0.717) is 18.2 Å². The third-order valence-electron chi connectivity index (χ3n) is 5.41. The summed E-state index contributed by atoms with van der Waals surface area (Å²) < 4.78 is 5.64. The lowest BCUT2D eigenvalue weighted by molar-refractivity contribution is -0.139. The lowest BCUT2D eigenvalue weighted by Gasteiger charge is -2.22. The van der Waals surface area contributed by atoms with E-state index < -0.39 is 5.60 Å². The highest BCUT2D eigenvalue weighted by Gasteiger charge is 2.37. The number of hydrogen-bond donors (Lipinski definition) is 2. The van der Waals surface area contributed by atoms with Gasteiger partial charge in [0.2, 0.25) is 0 Å². The van der Waals surface area contributed by atoms with E-state index in [1.54, 1.807) is 0 Å². The predicted octanol–water partition coefficient (Wildman–Crippen LogP) is 4.98. The van der Waals surface area contributed by atoms with Gasteiger partial charge >= 0.3 is 0 Å². The van der Waals surface area contributed by atoms with Crippen LogP contribution in [0.2, 0.25) is 5.02 Å². The predicted molar refractivity (Wildman–Crippen MR) is 109 cm³/mol. The molecule has 1 saturated heterocycles. The van der Waals surface area contributed by atoms with Crippen molar-refractivity contribution in [3.05, 3.63) is 58.6 Å². The molecule has 2 aromatic carbocycles. The van der Waals surface area contributed by atoms with Crippen LogP contribution in [0.1, 0.15) is 30.9 Å². The number of aromatic nitrogens is 1. The van der Waals surface area contributed by atoms with Crippen molar-refractivity contribution in [3.8, 4) is 11.3 Å². The Kier molecular flexibility index (Phi) is 4.70. The minimum Gasteiger partial charge on any atom is -0.365 e. The van der Waals surface area contributed by atoms with Gasteiger partial charge in [0, 0.05) is 29.3 Å². The van der Waals surface area contributed by atoms with Gasteiger partial charge in [-0.3, -0.25) is 4.79 Å². The normalized spacial score (nSPS) is 19.5. The van der Waals surface area contributed by atoms with Crippen LogP contribution in [0.5, 0.6) is 0 Å². The van der Waals surface area contributed by atoms with Crippen molar-refractivity contribution in [2.24, 2.45) is 0 Å². The Morgan fingerprint density at radius 1 is 1.30 bits per heavy atom. The van der Waals surface area contributed by atoms with Crippen LogP contribution >= 0.6 is 11.6 Å². The first-order valence-electron chi connectivity index (χ1n) is 9.26. The van der Waals surface area contributed by atoms with Crippen molar-refractivity contribution >= 4 is 28.4 Å². The molecule has 3 aromatic rings. The van der Waals surface area contributed by atoms with Crippen molar-refractivity contribution in [2.75, 3.05) is 6.61 Å². The number of H-pyrrole nitrogens is 1. The summed E-state index contributed by atoms with van der Waals surface area (Å²) in [6, 6.07) is 14.1. The van der Waals surface area contributed by atoms with Gasteiger partial charge in [-0.05, 0) is 55.5 Å². The number of benzene rings is 2. The Hall–Kier alpha value is -2.30. The van der Waals surface area contributed by atoms with E-state index in [1.807, 2.05) is 37.3 Å². The minimum absolute atomic E-state index is 0.0697. The molecule has 0 spiro atoms. The quantitative estimate of drug-likeness (QED) is 0.668. The summed E-state index contributed by atoms with van der Waals surface area (Å²) in [6.07, 6.45) is 1.67. The maximum atomic E-state index is 12.6. The average molecular weight is 383 g/mol. The Morgan fingerprint density at radius 2 is 2.07 bits per heavy atom. The van der Waals surface area contributed by atoms with E-state index in [9.17, 15) is 4.79 Å². The molecule has 0 saturated carbocycles. The maximum absolute atomic E-state index is 12.6. The highest BCUT2D eigenvalue weighted by atomic mass is 35.5. The summed E-state index contributed by atoms with van der Waals surface area (Å²) >= 11 is 6.37. The molecule has 1 amide bonds. The Labute approximate surface area is 163 Å². The third kappa shape index (κ3) is 3.35. The van der Waals surface area contributed by atoms with E-state index in [2.05, 4.69) is 29.4 Å². The monoisotopic (exact) mass is 382 g/mol. The number of carbonyl (C=O) groups is 1. The SMILES string of the molecule is Cc1c(-c2ccccc2)[nH]c2c(CNC(=O)C3(C)CCCO3)cc(Cl)cc12. The highest BCUT2D eigenvalue weighted by Crippen LogP contribution is 2.33. The summed E-state index contributed by atoms with van der Waals surface area (Å²) in [5.41, 5.74) is 4.61. The van der Waals surface area contributed by atoms with Crippen molar-refractivity contribution in [2.45, 2.75) is 38.8 Å². The number of aromatic amines is 1. The number of aryl methyl sites for hydroxylation is 1. The molecule has 0 radical (unpaired) electrons. The maximum Gasteiger partial charge on any atom is 0.252 e. The number of nitrogens with one attached hydrogen (secondary N) is 2. The van der Waals surface area contributed by atoms with E-state index >= 15 is 0 Å². The Bertz CT molecular complexity index is 988. The molecule has 1 aliphatic heterocycles. The first-order chi connectivity index (χ1) is 13.0. The minimum atomic E-state index is -0.724. The van der Waals surface area contributed by atoms with Gasteiger partial charge in [-0.1, -0.05) is 41.9 Å². The lowest BCUT2D eigenvalue weighted by atomic mass is 10.0. The van der Waals surface area contributed by atoms with Crippen LogP contribution in [-0.2, 0) is 16.1 Å². The standard InChI is InChI=1S/C22H23ClN2O2/c1-14-18-12-17(23)11-16(13-24-21(26)22(2)9-6-10-27-22)20(18)25-19(14)15-7-4-3-5-8-15/h3-5,7-8,11-12,25H,6,9-10,13H2,1-2H3,(H,24,26). The highest BCUT2D eigenvalue weighted by molar-refractivity contribution is 6.31. The summed E-state index contributed by atoms with van der Waals surface area (Å²) in [4.78, 5) is 16.1. The number of amides is 1. The lowest BCUT2D eigenvalue weighted by Crippen LogP contribution is -2.43. The summed E-state index contributed by atoms with van der Waals surface area (Å²) in [6.45, 7) is 4.99. The zero-order chi connectivity index (χ0) is 19.0. The summed E-state index contributed by atoms with van der Waals surface area (Å²) in [7, 11) is 0. The smallest absolute Gasteiger partial charge is 0.252 e. The van der Waals surface area contributed by atoms with Crippen LogP contribution in [0.25, 0.3) is 22.2 Å². The molecule has 0 aliphatic carbocycles. The average Bonchev–Trinajstić information content (AvgIpc) is 3.25. The largest absolute Gasteiger partial charge is 0.365 e. The molecule has 1 fully saturated rings. The van der Waals surface area contributed by atoms with E-state index in [-0.39, 0.29) is 5.91 Å². The van der Waals surface area contributed by atoms with Crippen LogP contribution in [0, 0.1) is 6.92 Å². The number of rotatable bonds is 4. The molecule has 1 atom stereocenters. The van der Waals surface area contributed by atoms with Gasteiger partial charge in [0.05, 0.1) is 5.52 Å². The fourth-order valence-electron chi connectivity index (χ4n) is 3.81. The zero-order valence-electron chi connectivity index (χ0n) is 15.6. The fraction of sp³-hybridized carbons (Fsp3) is 0.318. The summed E-state index contributed by atoms with van der Waals surface area (Å²) in [5.74, 6) is -0.0697. The molecular weight excluding hydrogens is 360 g/mol. The second kappa shape index (κ2) is 7.02. The van der Waals surface area contributed by atoms with E-state index in [0.717, 1.165) is 46.1 Å². The van der Waals surface area contributed by atoms with Gasteiger partial charge in [0.25, 0.3) is 5.91 Å². The second-order valence-electron chi connectivity index (χ2n) is 7.34. The van der Waals surface area contributed by atoms with Crippen LogP contribution < -0.4 is 5.32 Å². The van der Waals surface area contributed by atoms with Crippen LogP contribution in [0.3, 0.4) is 0 Å². The van der Waals surface area contributed by atoms with Crippen molar-refractivity contribution in [1.29, 1.82) is 0 Å². The Morgan fingerprint density at radius 3 is 2.78 bits per heavy atom. The number of carbonyl (C=O) groups excluding carboxylic acids is 1. The van der Waals surface area contributed by atoms with Gasteiger partial charge in [-0.15, -0.1) is 0 Å². The van der Waals surface area contributed by atoms with Crippen LogP contribution in [-0.4, -0.2) is 23.1 Å². The topological polar surface area (TPSA) is 54.1 Å². The first kappa shape index (κ1) is 18.1. The molecule has 1 aliphatic rings.